The molecule has 11 heteroatoms. The monoisotopic (exact) mass is 537 g/mol. The Balaban J connectivity index is 1.43. The number of carbonyl (C=O) groups excluding carboxylic acids is 3. The number of rotatable bonds is 9. The van der Waals surface area contributed by atoms with Gasteiger partial charge >= 0.3 is 216 Å². The molecule has 1 aliphatic carbocycles. The van der Waals surface area contributed by atoms with Crippen molar-refractivity contribution in [3.05, 3.63) is 48.2 Å². The third-order valence-electron chi connectivity index (χ3n) is 6.35. The first kappa shape index (κ1) is 27.4. The van der Waals surface area contributed by atoms with Crippen molar-refractivity contribution >= 4 is 31.5 Å². The molecule has 2 fully saturated rings. The van der Waals surface area contributed by atoms with Crippen LogP contribution >= 0.6 is 7.92 Å². The van der Waals surface area contributed by atoms with Gasteiger partial charge in [0, 0.05) is 0 Å². The van der Waals surface area contributed by atoms with E-state index < -0.39 is 31.9 Å². The third-order valence-corrected chi connectivity index (χ3v) is 6.72. The topological polar surface area (TPSA) is 121 Å². The Hall–Kier alpha value is -3.61. The van der Waals surface area contributed by atoms with Gasteiger partial charge < -0.3 is 0 Å². The first-order chi connectivity index (χ1) is 18.5. The Kier molecular flexibility index (Phi) is 9.57. The van der Waals surface area contributed by atoms with Crippen LogP contribution in [0.3, 0.4) is 0 Å². The number of unbranched alkanes of at least 4 members (excludes halogenated alkanes) is 1. The van der Waals surface area contributed by atoms with Crippen molar-refractivity contribution in [3.63, 3.8) is 0 Å². The zero-order valence-electron chi connectivity index (χ0n) is 21.4. The molecule has 38 heavy (non-hydrogen) atoms. The van der Waals surface area contributed by atoms with E-state index in [2.05, 4.69) is 21.2 Å². The molecule has 2 N–H and O–H groups in total. The molecule has 2 heterocycles. The molecule has 3 amide bonds. The van der Waals surface area contributed by atoms with E-state index >= 15 is 0 Å². The van der Waals surface area contributed by atoms with Crippen LogP contribution in [0, 0.1) is 5.63 Å². The van der Waals surface area contributed by atoms with Crippen LogP contribution in [0.25, 0.3) is 11.3 Å². The molecule has 2 aliphatic rings. The van der Waals surface area contributed by atoms with Crippen LogP contribution in [0.4, 0.5) is 10.5 Å². The van der Waals surface area contributed by atoms with Crippen LogP contribution < -0.4 is 10.6 Å². The molecule has 0 radical (unpaired) electrons. The van der Waals surface area contributed by atoms with Crippen molar-refractivity contribution in [1.29, 1.82) is 0 Å². The van der Waals surface area contributed by atoms with E-state index in [1.807, 2.05) is 43.3 Å². The fourth-order valence-corrected chi connectivity index (χ4v) is 4.32. The summed E-state index contributed by atoms with van der Waals surface area (Å²) in [6.45, 7) is 3.54. The van der Waals surface area contributed by atoms with E-state index in [0.717, 1.165) is 36.9 Å². The number of nitrogens with zero attached hydrogens (tertiary/aromatic N) is 3. The van der Waals surface area contributed by atoms with Crippen LogP contribution in [0.5, 0.6) is 0 Å². The predicted octanol–water partition coefficient (Wildman–Crippen LogP) is 3.75. The van der Waals surface area contributed by atoms with E-state index in [-0.39, 0.29) is 18.8 Å². The normalized spacial score (nSPS) is 15.7. The summed E-state index contributed by atoms with van der Waals surface area (Å²) < 4.78 is 16.6. The molecule has 200 valence electrons. The molecule has 0 bridgehead atoms. The van der Waals surface area contributed by atoms with E-state index in [1.165, 1.54) is 4.90 Å². The van der Waals surface area contributed by atoms with Gasteiger partial charge in [0.1, 0.15) is 0 Å². The number of anilines is 1. The zero-order valence-corrected chi connectivity index (χ0v) is 22.3. The molecule has 1 aromatic carbocycles. The Morgan fingerprint density at radius 2 is 1.82 bits per heavy atom. The van der Waals surface area contributed by atoms with Gasteiger partial charge in [-0.15, -0.1) is 0 Å². The molecule has 10 nitrogen and oxygen atoms in total. The maximum atomic E-state index is 13.2. The zero-order chi connectivity index (χ0) is 26.9. The van der Waals surface area contributed by atoms with Gasteiger partial charge in [0.15, 0.2) is 0 Å². The van der Waals surface area contributed by atoms with Crippen molar-refractivity contribution in [2.24, 2.45) is 0 Å². The third kappa shape index (κ3) is 7.46. The summed E-state index contributed by atoms with van der Waals surface area (Å²) in [5, 5.41) is 6.03. The van der Waals surface area contributed by atoms with Gasteiger partial charge in [-0.3, -0.25) is 0 Å². The van der Waals surface area contributed by atoms with Gasteiger partial charge in [-0.1, -0.05) is 6.92 Å². The fourth-order valence-electron chi connectivity index (χ4n) is 4.04. The van der Waals surface area contributed by atoms with Gasteiger partial charge in [0.2, 0.25) is 0 Å². The number of nitrogens with one attached hydrogen (secondary N) is 2. The van der Waals surface area contributed by atoms with Gasteiger partial charge in [0.25, 0.3) is 0 Å². The summed E-state index contributed by atoms with van der Waals surface area (Å²) in [6, 6.07) is 12.2. The summed E-state index contributed by atoms with van der Waals surface area (Å²) in [4.78, 5) is 46.2. The van der Waals surface area contributed by atoms with Gasteiger partial charge in [-0.25, -0.2) is 0 Å². The number of hydrogen-bond donors (Lipinski definition) is 2. The number of piperazine rings is 1. The molecular weight excluding hydrogens is 505 g/mol. The standard InChI is InChI=1S/C27H32N5O5P/c1-2-3-15-37-27(35)32-13-11-31(12-14-32)26(34)24(18-38-36)30-25(33)23-17-21(28-20-9-10-20)16-22(29-23)19-7-5-4-6-8-19/h4-8,16-17,20,24H,2-3,9-15H2,1H3,(H,28,29)(H,30,33)/t24-/m0/s1. The molecule has 1 aromatic heterocycles. The van der Waals surface area contributed by atoms with E-state index in [0.29, 0.717) is 31.4 Å². The molecule has 1 saturated heterocycles. The molecule has 1 aliphatic heterocycles. The fraction of sp³-hybridized carbons (Fsp3) is 0.444. The quantitative estimate of drug-likeness (QED) is 0.369. The number of aromatic nitrogens is 1. The number of benzene rings is 1. The van der Waals surface area contributed by atoms with Gasteiger partial charge in [-0.2, -0.15) is 0 Å². The minimum atomic E-state index is -1.23. The summed E-state index contributed by atoms with van der Waals surface area (Å²) in [5.41, 5.74) is 4.89. The predicted molar refractivity (Wildman–Crippen MR) is 143 cm³/mol. The molecule has 4 rings (SSSR count). The van der Waals surface area contributed by atoms with E-state index in [1.54, 1.807) is 11.0 Å². The van der Waals surface area contributed by atoms with Gasteiger partial charge in [0.05, 0.1) is 0 Å². The van der Waals surface area contributed by atoms with Crippen molar-refractivity contribution in [2.45, 2.75) is 44.7 Å². The summed E-state index contributed by atoms with van der Waals surface area (Å²) in [5.74, 6) is -1.02. The van der Waals surface area contributed by atoms with Crippen LogP contribution in [-0.4, -0.2) is 77.6 Å². The molecule has 2 aromatic rings. The van der Waals surface area contributed by atoms with Crippen molar-refractivity contribution < 1.29 is 23.7 Å². The first-order valence-electron chi connectivity index (χ1n) is 12.9. The minimum absolute atomic E-state index is 0.135. The Morgan fingerprint density at radius 1 is 1.11 bits per heavy atom. The molecule has 0 unspecified atom stereocenters. The average molecular weight is 538 g/mol. The molecule has 0 spiro atoms. The molecule has 1 atom stereocenters. The van der Waals surface area contributed by atoms with Crippen LogP contribution in [0.2, 0.25) is 0 Å². The summed E-state index contributed by atoms with van der Waals surface area (Å²) in [7, 11) is -0.506. The van der Waals surface area contributed by atoms with Crippen molar-refractivity contribution in [2.75, 3.05) is 38.1 Å². The number of amides is 3. The Labute approximate surface area is 223 Å². The molecular formula is C27H32N5O5P. The van der Waals surface area contributed by atoms with E-state index in [4.69, 9.17) is 4.74 Å². The number of pyridine rings is 1. The summed E-state index contributed by atoms with van der Waals surface area (Å²) >= 11 is 0. The van der Waals surface area contributed by atoms with E-state index in [9.17, 15) is 18.9 Å². The maximum absolute atomic E-state index is 13.2. The Bertz CT molecular complexity index is 1260. The second kappa shape index (κ2) is 13.3. The van der Waals surface area contributed by atoms with Crippen LogP contribution in [0.1, 0.15) is 43.1 Å². The molecule has 1 saturated carbocycles. The average Bonchev–Trinajstić information content (AvgIpc) is 3.77. The SMILES string of the molecule is CCCCOC(=O)N1CCN(C(=O)[C@H](C#P=O)NC(=O)c2cc(NC3CC3)cc(-c3ccccc3)n2)CC1. The number of ether oxygens (including phenoxy) is 1. The number of hydrogen-bond acceptors (Lipinski definition) is 7. The first-order valence-corrected chi connectivity index (χ1v) is 13.7. The van der Waals surface area contributed by atoms with Crippen molar-refractivity contribution in [3.8, 4) is 16.9 Å². The van der Waals surface area contributed by atoms with Crippen LogP contribution in [-0.2, 0) is 14.1 Å². The Morgan fingerprint density at radius 3 is 2.47 bits per heavy atom. The summed E-state index contributed by atoms with van der Waals surface area (Å²) in [6.07, 6.45) is 3.47. The number of carbonyl (C=O) groups is 3. The second-order valence-corrected chi connectivity index (χ2v) is 9.76. The van der Waals surface area contributed by atoms with Crippen molar-refractivity contribution in [1.82, 2.24) is 20.1 Å². The van der Waals surface area contributed by atoms with Crippen LogP contribution in [0.15, 0.2) is 42.5 Å². The van der Waals surface area contributed by atoms with Gasteiger partial charge in [-0.05, 0) is 0 Å². The second-order valence-electron chi connectivity index (χ2n) is 9.32.